The number of Topliss-reactive ketones (excluding diaryl/α,β-unsaturated/α-hetero) is 2. The van der Waals surface area contributed by atoms with Gasteiger partial charge in [0.1, 0.15) is 11.4 Å². The molecule has 3 nitrogen and oxygen atoms in total. The van der Waals surface area contributed by atoms with Crippen LogP contribution in [0.3, 0.4) is 0 Å². The standard InChI is InChI=1S/C7H12O3/c1-5(8)4-7(3,10)6(2)9/h10H,4H2,1-3H3/t7-/m1/s1. The maximum atomic E-state index is 10.6. The van der Waals surface area contributed by atoms with Crippen LogP contribution in [0.2, 0.25) is 0 Å². The monoisotopic (exact) mass is 144 g/mol. The molecule has 0 amide bonds. The number of aliphatic hydroxyl groups is 1. The lowest BCUT2D eigenvalue weighted by Gasteiger charge is -2.16. The highest BCUT2D eigenvalue weighted by molar-refractivity contribution is 5.90. The molecule has 58 valence electrons. The molecular weight excluding hydrogens is 132 g/mol. The van der Waals surface area contributed by atoms with E-state index in [-0.39, 0.29) is 18.0 Å². The molecule has 0 aromatic heterocycles. The van der Waals surface area contributed by atoms with E-state index in [0.29, 0.717) is 0 Å². The van der Waals surface area contributed by atoms with Crippen LogP contribution in [0.4, 0.5) is 0 Å². The third kappa shape index (κ3) is 2.73. The smallest absolute Gasteiger partial charge is 0.161 e. The highest BCUT2D eigenvalue weighted by Crippen LogP contribution is 2.10. The molecule has 0 aromatic rings. The summed E-state index contributed by atoms with van der Waals surface area (Å²) in [5.41, 5.74) is -1.47. The van der Waals surface area contributed by atoms with E-state index in [4.69, 9.17) is 0 Å². The highest BCUT2D eigenvalue weighted by Gasteiger charge is 2.27. The van der Waals surface area contributed by atoms with Gasteiger partial charge in [-0.1, -0.05) is 0 Å². The zero-order chi connectivity index (χ0) is 8.36. The van der Waals surface area contributed by atoms with Crippen LogP contribution < -0.4 is 0 Å². The average Bonchev–Trinajstić information content (AvgIpc) is 1.60. The quantitative estimate of drug-likeness (QED) is 0.620. The predicted octanol–water partition coefficient (Wildman–Crippen LogP) is 0.305. The Hall–Kier alpha value is -0.700. The summed E-state index contributed by atoms with van der Waals surface area (Å²) in [6, 6.07) is 0. The molecule has 0 aliphatic heterocycles. The fourth-order valence-corrected chi connectivity index (χ4v) is 0.609. The van der Waals surface area contributed by atoms with E-state index in [1.54, 1.807) is 0 Å². The number of carbonyl (C=O) groups is 2. The summed E-state index contributed by atoms with van der Waals surface area (Å²) in [6.07, 6.45) is -0.0949. The minimum atomic E-state index is -1.47. The topological polar surface area (TPSA) is 54.4 Å². The third-order valence-corrected chi connectivity index (χ3v) is 1.35. The molecule has 0 aliphatic rings. The van der Waals surface area contributed by atoms with Crippen LogP contribution in [0, 0.1) is 0 Å². The minimum absolute atomic E-state index is 0.0949. The Morgan fingerprint density at radius 2 is 1.80 bits per heavy atom. The summed E-state index contributed by atoms with van der Waals surface area (Å²) < 4.78 is 0. The van der Waals surface area contributed by atoms with Gasteiger partial charge in [0.2, 0.25) is 0 Å². The SMILES string of the molecule is CC(=O)C[C@@](C)(O)C(C)=O. The Morgan fingerprint density at radius 3 is 1.90 bits per heavy atom. The molecule has 0 spiro atoms. The maximum Gasteiger partial charge on any atom is 0.161 e. The van der Waals surface area contributed by atoms with Gasteiger partial charge in [-0.3, -0.25) is 9.59 Å². The molecule has 0 heterocycles. The lowest BCUT2D eigenvalue weighted by molar-refractivity contribution is -0.138. The zero-order valence-electron chi connectivity index (χ0n) is 6.47. The number of rotatable bonds is 3. The van der Waals surface area contributed by atoms with Gasteiger partial charge in [0.15, 0.2) is 5.78 Å². The van der Waals surface area contributed by atoms with Crippen LogP contribution in [0.25, 0.3) is 0 Å². The van der Waals surface area contributed by atoms with E-state index < -0.39 is 5.60 Å². The van der Waals surface area contributed by atoms with Crippen molar-refractivity contribution in [1.29, 1.82) is 0 Å². The molecule has 0 bridgehead atoms. The summed E-state index contributed by atoms with van der Waals surface area (Å²) in [7, 11) is 0. The second-order valence-corrected chi connectivity index (χ2v) is 2.71. The maximum absolute atomic E-state index is 10.6. The number of hydrogen-bond acceptors (Lipinski definition) is 3. The first kappa shape index (κ1) is 9.30. The molecular formula is C7H12O3. The molecule has 0 radical (unpaired) electrons. The molecule has 0 saturated carbocycles. The van der Waals surface area contributed by atoms with Crippen molar-refractivity contribution in [3.8, 4) is 0 Å². The Bertz CT molecular complexity index is 158. The van der Waals surface area contributed by atoms with Gasteiger partial charge in [-0.15, -0.1) is 0 Å². The van der Waals surface area contributed by atoms with Crippen LogP contribution in [-0.4, -0.2) is 22.3 Å². The Balaban J connectivity index is 4.13. The second-order valence-electron chi connectivity index (χ2n) is 2.71. The van der Waals surface area contributed by atoms with Gasteiger partial charge in [0.25, 0.3) is 0 Å². The fourth-order valence-electron chi connectivity index (χ4n) is 0.609. The number of carbonyl (C=O) groups excluding carboxylic acids is 2. The summed E-state index contributed by atoms with van der Waals surface area (Å²) in [5, 5.41) is 9.19. The van der Waals surface area contributed by atoms with Crippen LogP contribution in [-0.2, 0) is 9.59 Å². The first-order chi connectivity index (χ1) is 4.36. The van der Waals surface area contributed by atoms with Crippen LogP contribution in [0.5, 0.6) is 0 Å². The molecule has 0 unspecified atom stereocenters. The average molecular weight is 144 g/mol. The molecule has 0 aliphatic carbocycles. The second kappa shape index (κ2) is 2.92. The van der Waals surface area contributed by atoms with E-state index in [0.717, 1.165) is 0 Å². The Kier molecular flexibility index (Phi) is 2.72. The van der Waals surface area contributed by atoms with Gasteiger partial charge in [0.05, 0.1) is 0 Å². The molecule has 10 heavy (non-hydrogen) atoms. The summed E-state index contributed by atoms with van der Waals surface area (Å²) in [4.78, 5) is 21.1. The van der Waals surface area contributed by atoms with Crippen LogP contribution in [0.15, 0.2) is 0 Å². The van der Waals surface area contributed by atoms with Gasteiger partial charge in [-0.05, 0) is 20.8 Å². The lowest BCUT2D eigenvalue weighted by Crippen LogP contribution is -2.34. The van der Waals surface area contributed by atoms with E-state index in [1.807, 2.05) is 0 Å². The normalized spacial score (nSPS) is 16.0. The Morgan fingerprint density at radius 1 is 1.40 bits per heavy atom. The van der Waals surface area contributed by atoms with Gasteiger partial charge in [-0.2, -0.15) is 0 Å². The molecule has 1 N–H and O–H groups in total. The molecule has 3 heteroatoms. The highest BCUT2D eigenvalue weighted by atomic mass is 16.3. The van der Waals surface area contributed by atoms with Crippen molar-refractivity contribution in [2.45, 2.75) is 32.8 Å². The van der Waals surface area contributed by atoms with Crippen molar-refractivity contribution in [3.05, 3.63) is 0 Å². The number of hydrogen-bond donors (Lipinski definition) is 1. The van der Waals surface area contributed by atoms with Crippen molar-refractivity contribution in [3.63, 3.8) is 0 Å². The van der Waals surface area contributed by atoms with Crippen molar-refractivity contribution in [2.75, 3.05) is 0 Å². The summed E-state index contributed by atoms with van der Waals surface area (Å²) in [6.45, 7) is 3.96. The summed E-state index contributed by atoms with van der Waals surface area (Å²) >= 11 is 0. The Labute approximate surface area is 60.0 Å². The van der Waals surface area contributed by atoms with E-state index in [1.165, 1.54) is 20.8 Å². The molecule has 0 aromatic carbocycles. The van der Waals surface area contributed by atoms with Gasteiger partial charge < -0.3 is 5.11 Å². The first-order valence-electron chi connectivity index (χ1n) is 3.09. The molecule has 0 rings (SSSR count). The van der Waals surface area contributed by atoms with Crippen LogP contribution >= 0.6 is 0 Å². The lowest BCUT2D eigenvalue weighted by atomic mass is 9.96. The van der Waals surface area contributed by atoms with Crippen molar-refractivity contribution < 1.29 is 14.7 Å². The van der Waals surface area contributed by atoms with Crippen molar-refractivity contribution >= 4 is 11.6 Å². The van der Waals surface area contributed by atoms with E-state index in [9.17, 15) is 14.7 Å². The molecule has 1 atom stereocenters. The molecule has 0 fully saturated rings. The fraction of sp³-hybridized carbons (Fsp3) is 0.714. The van der Waals surface area contributed by atoms with Gasteiger partial charge >= 0.3 is 0 Å². The van der Waals surface area contributed by atoms with E-state index >= 15 is 0 Å². The van der Waals surface area contributed by atoms with E-state index in [2.05, 4.69) is 0 Å². The van der Waals surface area contributed by atoms with Crippen LogP contribution in [0.1, 0.15) is 27.2 Å². The predicted molar refractivity (Wildman–Crippen MR) is 36.6 cm³/mol. The summed E-state index contributed by atoms with van der Waals surface area (Å²) in [5.74, 6) is -0.553. The first-order valence-corrected chi connectivity index (χ1v) is 3.09. The van der Waals surface area contributed by atoms with Crippen molar-refractivity contribution in [1.82, 2.24) is 0 Å². The third-order valence-electron chi connectivity index (χ3n) is 1.35. The molecule has 0 saturated heterocycles. The largest absolute Gasteiger partial charge is 0.382 e. The minimum Gasteiger partial charge on any atom is -0.382 e. The number of ketones is 2. The van der Waals surface area contributed by atoms with Gasteiger partial charge in [0, 0.05) is 6.42 Å². The van der Waals surface area contributed by atoms with Crippen molar-refractivity contribution in [2.24, 2.45) is 0 Å². The zero-order valence-corrected chi connectivity index (χ0v) is 6.47. The van der Waals surface area contributed by atoms with Gasteiger partial charge in [-0.25, -0.2) is 0 Å².